The average Bonchev–Trinajstić information content (AvgIpc) is 3.17. The van der Waals surface area contributed by atoms with Crippen molar-refractivity contribution in [3.05, 3.63) is 46.0 Å². The Morgan fingerprint density at radius 2 is 2.25 bits per heavy atom. The molecular weight excluding hydrogens is 377 g/mol. The third-order valence-electron chi connectivity index (χ3n) is 4.15. The second-order valence-corrected chi connectivity index (χ2v) is 7.13. The lowest BCUT2D eigenvalue weighted by Crippen LogP contribution is -2.34. The highest BCUT2D eigenvalue weighted by molar-refractivity contribution is 9.10. The molecule has 24 heavy (non-hydrogen) atoms. The number of anilines is 1. The Hall–Kier alpha value is -1.89. The van der Waals surface area contributed by atoms with Crippen LogP contribution in [0.3, 0.4) is 0 Å². The largest absolute Gasteiger partial charge is 0.359 e. The number of likely N-dealkylation sites (tertiary alicyclic amines) is 1. The summed E-state index contributed by atoms with van der Waals surface area (Å²) in [5.41, 5.74) is 1.03. The van der Waals surface area contributed by atoms with Crippen LogP contribution in [0.4, 0.5) is 14.9 Å². The lowest BCUT2D eigenvalue weighted by Gasteiger charge is -2.23. The van der Waals surface area contributed by atoms with E-state index < -0.39 is 5.82 Å². The van der Waals surface area contributed by atoms with E-state index in [2.05, 4.69) is 26.4 Å². The van der Waals surface area contributed by atoms with E-state index in [1.165, 1.54) is 12.1 Å². The highest BCUT2D eigenvalue weighted by Gasteiger charge is 2.33. The number of nitrogens with one attached hydrogen (secondary N) is 1. The number of rotatable bonds is 3. The first kappa shape index (κ1) is 17.0. The molecule has 0 radical (unpaired) electrons. The number of amides is 2. The van der Waals surface area contributed by atoms with Gasteiger partial charge in [-0.3, -0.25) is 0 Å². The number of aromatic nitrogens is 1. The number of carbonyl (C=O) groups excluding carboxylic acids is 1. The van der Waals surface area contributed by atoms with Gasteiger partial charge >= 0.3 is 6.03 Å². The van der Waals surface area contributed by atoms with E-state index in [4.69, 9.17) is 4.52 Å². The summed E-state index contributed by atoms with van der Waals surface area (Å²) in [6.07, 6.45) is 1.68. The second kappa shape index (κ2) is 6.93. The summed E-state index contributed by atoms with van der Waals surface area (Å²) in [5.74, 6) is 0.473. The molecule has 3 rings (SSSR count). The number of hydrogen-bond donors (Lipinski definition) is 1. The van der Waals surface area contributed by atoms with Gasteiger partial charge in [0.05, 0.1) is 17.4 Å². The van der Waals surface area contributed by atoms with Crippen LogP contribution >= 0.6 is 15.9 Å². The van der Waals surface area contributed by atoms with Gasteiger partial charge in [-0.05, 0) is 37.0 Å². The maximum absolute atomic E-state index is 13.9. The Bertz CT molecular complexity index is 747. The Labute approximate surface area is 148 Å². The molecule has 1 aromatic heterocycles. The van der Waals surface area contributed by atoms with E-state index in [-0.39, 0.29) is 23.7 Å². The van der Waals surface area contributed by atoms with Gasteiger partial charge in [0.25, 0.3) is 0 Å². The molecule has 1 saturated heterocycles. The standard InChI is InChI=1S/C17H19BrFN3O2/c1-10(2)14-9-16(24-21-14)15-4-3-7-22(15)17(23)20-13-6-5-11(18)8-12(13)19/h5-6,8-10,15H,3-4,7H2,1-2H3,(H,20,23)/t15-/m0/s1. The molecule has 0 unspecified atom stereocenters. The fourth-order valence-corrected chi connectivity index (χ4v) is 3.15. The molecule has 0 spiro atoms. The fourth-order valence-electron chi connectivity index (χ4n) is 2.82. The number of halogens is 2. The summed E-state index contributed by atoms with van der Waals surface area (Å²) >= 11 is 3.20. The monoisotopic (exact) mass is 395 g/mol. The molecule has 1 aliphatic heterocycles. The first-order chi connectivity index (χ1) is 11.5. The van der Waals surface area contributed by atoms with E-state index in [9.17, 15) is 9.18 Å². The van der Waals surface area contributed by atoms with Crippen molar-refractivity contribution in [1.29, 1.82) is 0 Å². The van der Waals surface area contributed by atoms with Gasteiger partial charge in [-0.15, -0.1) is 0 Å². The van der Waals surface area contributed by atoms with E-state index >= 15 is 0 Å². The normalized spacial score (nSPS) is 17.5. The van der Waals surface area contributed by atoms with Crippen molar-refractivity contribution in [2.75, 3.05) is 11.9 Å². The smallest absolute Gasteiger partial charge is 0.322 e. The van der Waals surface area contributed by atoms with Gasteiger partial charge in [-0.25, -0.2) is 9.18 Å². The van der Waals surface area contributed by atoms with Crippen molar-refractivity contribution in [1.82, 2.24) is 10.1 Å². The van der Waals surface area contributed by atoms with Crippen LogP contribution < -0.4 is 5.32 Å². The minimum Gasteiger partial charge on any atom is -0.359 e. The van der Waals surface area contributed by atoms with Crippen LogP contribution in [-0.2, 0) is 0 Å². The minimum absolute atomic E-state index is 0.161. The summed E-state index contributed by atoms with van der Waals surface area (Å²) in [4.78, 5) is 14.2. The van der Waals surface area contributed by atoms with Crippen LogP contribution in [0, 0.1) is 5.82 Å². The van der Waals surface area contributed by atoms with E-state index in [1.807, 2.05) is 19.9 Å². The second-order valence-electron chi connectivity index (χ2n) is 6.21. The molecule has 2 amide bonds. The Balaban J connectivity index is 1.75. The Kier molecular flexibility index (Phi) is 4.89. The summed E-state index contributed by atoms with van der Waals surface area (Å²) < 4.78 is 20.0. The molecule has 1 atom stereocenters. The molecule has 1 aliphatic rings. The number of nitrogens with zero attached hydrogens (tertiary/aromatic N) is 2. The van der Waals surface area contributed by atoms with Crippen molar-refractivity contribution >= 4 is 27.6 Å². The van der Waals surface area contributed by atoms with E-state index in [0.29, 0.717) is 16.8 Å². The van der Waals surface area contributed by atoms with Crippen molar-refractivity contribution in [2.45, 2.75) is 38.6 Å². The zero-order valence-corrected chi connectivity index (χ0v) is 15.1. The Morgan fingerprint density at radius 3 is 2.92 bits per heavy atom. The predicted octanol–water partition coefficient (Wildman–Crippen LogP) is 5.07. The molecule has 2 heterocycles. The number of hydrogen-bond acceptors (Lipinski definition) is 3. The van der Waals surface area contributed by atoms with E-state index in [1.54, 1.807) is 11.0 Å². The third kappa shape index (κ3) is 3.45. The summed E-state index contributed by atoms with van der Waals surface area (Å²) in [6, 6.07) is 5.95. The van der Waals surface area contributed by atoms with Crippen molar-refractivity contribution in [3.63, 3.8) is 0 Å². The van der Waals surface area contributed by atoms with E-state index in [0.717, 1.165) is 18.5 Å². The lowest BCUT2D eigenvalue weighted by atomic mass is 10.1. The molecule has 128 valence electrons. The zero-order chi connectivity index (χ0) is 17.3. The average molecular weight is 396 g/mol. The quantitative estimate of drug-likeness (QED) is 0.788. The number of urea groups is 1. The molecule has 1 N–H and O–H groups in total. The first-order valence-corrected chi connectivity index (χ1v) is 8.74. The van der Waals surface area contributed by atoms with Crippen LogP contribution in [-0.4, -0.2) is 22.6 Å². The van der Waals surface area contributed by atoms with Gasteiger partial charge < -0.3 is 14.7 Å². The van der Waals surface area contributed by atoms with Crippen LogP contribution in [0.5, 0.6) is 0 Å². The molecule has 1 fully saturated rings. The molecule has 2 aromatic rings. The minimum atomic E-state index is -0.477. The molecular formula is C17H19BrFN3O2. The number of benzene rings is 1. The van der Waals surface area contributed by atoms with Gasteiger partial charge in [-0.2, -0.15) is 0 Å². The van der Waals surface area contributed by atoms with Gasteiger partial charge in [0.2, 0.25) is 0 Å². The molecule has 0 saturated carbocycles. The summed E-state index contributed by atoms with van der Waals surface area (Å²) in [7, 11) is 0. The zero-order valence-electron chi connectivity index (χ0n) is 13.6. The predicted molar refractivity (Wildman–Crippen MR) is 92.4 cm³/mol. The van der Waals surface area contributed by atoms with Crippen LogP contribution in [0.25, 0.3) is 0 Å². The first-order valence-electron chi connectivity index (χ1n) is 7.95. The maximum atomic E-state index is 13.9. The number of carbonyl (C=O) groups is 1. The van der Waals surface area contributed by atoms with Crippen molar-refractivity contribution in [2.24, 2.45) is 0 Å². The van der Waals surface area contributed by atoms with Gasteiger partial charge in [0, 0.05) is 17.1 Å². The topological polar surface area (TPSA) is 58.4 Å². The molecule has 1 aromatic carbocycles. The lowest BCUT2D eigenvalue weighted by molar-refractivity contribution is 0.195. The summed E-state index contributed by atoms with van der Waals surface area (Å²) in [6.45, 7) is 4.68. The third-order valence-corrected chi connectivity index (χ3v) is 4.65. The van der Waals surface area contributed by atoms with Crippen LogP contribution in [0.2, 0.25) is 0 Å². The molecule has 7 heteroatoms. The fraction of sp³-hybridized carbons (Fsp3) is 0.412. The highest BCUT2D eigenvalue weighted by Crippen LogP contribution is 2.34. The highest BCUT2D eigenvalue weighted by atomic mass is 79.9. The summed E-state index contributed by atoms with van der Waals surface area (Å²) in [5, 5.41) is 6.70. The SMILES string of the molecule is CC(C)c1cc([C@@H]2CCCN2C(=O)Nc2ccc(Br)cc2F)on1. The molecule has 0 aliphatic carbocycles. The van der Waals surface area contributed by atoms with Crippen molar-refractivity contribution in [3.8, 4) is 0 Å². The van der Waals surface area contributed by atoms with Crippen LogP contribution in [0.1, 0.15) is 50.1 Å². The molecule has 0 bridgehead atoms. The van der Waals surface area contributed by atoms with Crippen molar-refractivity contribution < 1.29 is 13.7 Å². The van der Waals surface area contributed by atoms with Gasteiger partial charge in [0.15, 0.2) is 5.76 Å². The molecule has 5 nitrogen and oxygen atoms in total. The Morgan fingerprint density at radius 1 is 1.46 bits per heavy atom. The maximum Gasteiger partial charge on any atom is 0.322 e. The van der Waals surface area contributed by atoms with Crippen LogP contribution in [0.15, 0.2) is 33.3 Å². The van der Waals surface area contributed by atoms with Gasteiger partial charge in [-0.1, -0.05) is 34.9 Å². The van der Waals surface area contributed by atoms with Gasteiger partial charge in [0.1, 0.15) is 5.82 Å².